The van der Waals surface area contributed by atoms with Crippen molar-refractivity contribution in [2.24, 2.45) is 0 Å². The Morgan fingerprint density at radius 1 is 1.15 bits per heavy atom. The van der Waals surface area contributed by atoms with Gasteiger partial charge in [0.1, 0.15) is 0 Å². The van der Waals surface area contributed by atoms with Crippen LogP contribution in [-0.2, 0) is 6.18 Å². The number of rotatable bonds is 3. The minimum Gasteiger partial charge on any atom is -0.309 e. The summed E-state index contributed by atoms with van der Waals surface area (Å²) < 4.78 is 37.7. The van der Waals surface area contributed by atoms with Crippen molar-refractivity contribution >= 4 is 11.3 Å². The lowest BCUT2D eigenvalue weighted by Gasteiger charge is -2.16. The second kappa shape index (κ2) is 5.54. The number of aromatic nitrogens is 1. The highest BCUT2D eigenvalue weighted by molar-refractivity contribution is 7.11. The van der Waals surface area contributed by atoms with Crippen molar-refractivity contribution in [1.29, 1.82) is 0 Å². The van der Waals surface area contributed by atoms with Gasteiger partial charge < -0.3 is 5.32 Å². The number of hydrogen-bond donors (Lipinski definition) is 1. The zero-order valence-corrected chi connectivity index (χ0v) is 12.2. The van der Waals surface area contributed by atoms with E-state index < -0.39 is 11.7 Å². The highest BCUT2D eigenvalue weighted by Gasteiger charge is 2.30. The van der Waals surface area contributed by atoms with E-state index in [9.17, 15) is 13.2 Å². The van der Waals surface area contributed by atoms with Gasteiger partial charge in [0.25, 0.3) is 0 Å². The summed E-state index contributed by atoms with van der Waals surface area (Å²) in [5, 5.41) is 4.08. The number of halogens is 3. The first kappa shape index (κ1) is 15.0. The van der Waals surface area contributed by atoms with Gasteiger partial charge in [0.05, 0.1) is 22.3 Å². The second-order valence-corrected chi connectivity index (χ2v) is 5.76. The first-order valence-corrected chi connectivity index (χ1v) is 6.93. The Hall–Kier alpha value is -1.40. The average Bonchev–Trinajstić information content (AvgIpc) is 2.69. The molecule has 20 heavy (non-hydrogen) atoms. The molecule has 0 aliphatic heterocycles. The van der Waals surface area contributed by atoms with E-state index in [1.807, 2.05) is 13.8 Å². The predicted octanol–water partition coefficient (Wildman–Crippen LogP) is 4.09. The molecule has 0 aliphatic carbocycles. The van der Waals surface area contributed by atoms with E-state index in [-0.39, 0.29) is 6.04 Å². The predicted molar refractivity (Wildman–Crippen MR) is 73.9 cm³/mol. The first-order chi connectivity index (χ1) is 9.32. The Bertz CT molecular complexity index is 587. The Labute approximate surface area is 119 Å². The Morgan fingerprint density at radius 3 is 2.15 bits per heavy atom. The fourth-order valence-electron chi connectivity index (χ4n) is 2.13. The van der Waals surface area contributed by atoms with Gasteiger partial charge in [-0.3, -0.25) is 0 Å². The molecule has 2 rings (SSSR count). The van der Waals surface area contributed by atoms with Crippen molar-refractivity contribution in [3.8, 4) is 0 Å². The van der Waals surface area contributed by atoms with Crippen molar-refractivity contribution in [1.82, 2.24) is 10.3 Å². The smallest absolute Gasteiger partial charge is 0.309 e. The quantitative estimate of drug-likeness (QED) is 0.923. The number of nitrogens with zero attached hydrogens (tertiary/aromatic N) is 1. The fraction of sp³-hybridized carbons (Fsp3) is 0.357. The molecule has 0 radical (unpaired) electrons. The Kier molecular flexibility index (Phi) is 4.15. The van der Waals surface area contributed by atoms with Crippen molar-refractivity contribution in [2.45, 2.75) is 26.1 Å². The maximum Gasteiger partial charge on any atom is 0.416 e. The van der Waals surface area contributed by atoms with Gasteiger partial charge in [0, 0.05) is 4.88 Å². The molecule has 1 aromatic carbocycles. The van der Waals surface area contributed by atoms with Crippen LogP contribution in [0.4, 0.5) is 13.2 Å². The highest BCUT2D eigenvalue weighted by atomic mass is 32.1. The van der Waals surface area contributed by atoms with Crippen LogP contribution in [-0.4, -0.2) is 12.0 Å². The lowest BCUT2D eigenvalue weighted by molar-refractivity contribution is -0.137. The molecule has 0 spiro atoms. The average molecular weight is 300 g/mol. The van der Waals surface area contributed by atoms with Gasteiger partial charge in [-0.1, -0.05) is 12.1 Å². The number of benzene rings is 1. The van der Waals surface area contributed by atoms with Crippen LogP contribution >= 0.6 is 11.3 Å². The van der Waals surface area contributed by atoms with Crippen LogP contribution in [0, 0.1) is 13.8 Å². The lowest BCUT2D eigenvalue weighted by atomic mass is 10.0. The maximum absolute atomic E-state index is 12.6. The summed E-state index contributed by atoms with van der Waals surface area (Å²) in [5.74, 6) is 0. The van der Waals surface area contributed by atoms with E-state index in [4.69, 9.17) is 0 Å². The van der Waals surface area contributed by atoms with Gasteiger partial charge >= 0.3 is 6.18 Å². The maximum atomic E-state index is 12.6. The van der Waals surface area contributed by atoms with Gasteiger partial charge in [-0.2, -0.15) is 13.2 Å². The van der Waals surface area contributed by atoms with Crippen molar-refractivity contribution < 1.29 is 13.2 Å². The van der Waals surface area contributed by atoms with E-state index in [0.717, 1.165) is 33.3 Å². The van der Waals surface area contributed by atoms with Gasteiger partial charge in [0.15, 0.2) is 0 Å². The lowest BCUT2D eigenvalue weighted by Crippen LogP contribution is -2.17. The van der Waals surface area contributed by atoms with Crippen LogP contribution in [0.25, 0.3) is 0 Å². The topological polar surface area (TPSA) is 24.9 Å². The van der Waals surface area contributed by atoms with Crippen LogP contribution in [0.2, 0.25) is 0 Å². The minimum absolute atomic E-state index is 0.136. The van der Waals surface area contributed by atoms with Crippen LogP contribution in [0.15, 0.2) is 24.3 Å². The molecule has 1 aromatic heterocycles. The third-order valence-corrected chi connectivity index (χ3v) is 4.20. The zero-order chi connectivity index (χ0) is 14.9. The number of hydrogen-bond acceptors (Lipinski definition) is 3. The molecule has 1 N–H and O–H groups in total. The van der Waals surface area contributed by atoms with Crippen LogP contribution < -0.4 is 5.32 Å². The molecule has 0 amide bonds. The van der Waals surface area contributed by atoms with E-state index in [0.29, 0.717) is 0 Å². The normalized spacial score (nSPS) is 13.5. The van der Waals surface area contributed by atoms with Crippen molar-refractivity contribution in [2.75, 3.05) is 7.05 Å². The van der Waals surface area contributed by atoms with Crippen LogP contribution in [0.1, 0.15) is 32.7 Å². The minimum atomic E-state index is -4.30. The van der Waals surface area contributed by atoms with Gasteiger partial charge in [0.2, 0.25) is 0 Å². The highest BCUT2D eigenvalue weighted by Crippen LogP contribution is 2.33. The number of alkyl halides is 3. The third-order valence-electron chi connectivity index (χ3n) is 3.06. The molecule has 1 heterocycles. The molecule has 2 aromatic rings. The standard InChI is InChI=1S/C14H15F3N2S/c1-8-13(20-9(2)19-8)12(18-3)10-4-6-11(7-5-10)14(15,16)17/h4-7,12,18H,1-3H3. The summed E-state index contributed by atoms with van der Waals surface area (Å²) in [7, 11) is 1.79. The molecule has 0 fully saturated rings. The van der Waals surface area contributed by atoms with E-state index in [1.165, 1.54) is 12.1 Å². The largest absolute Gasteiger partial charge is 0.416 e. The van der Waals surface area contributed by atoms with Gasteiger partial charge in [-0.15, -0.1) is 11.3 Å². The summed E-state index contributed by atoms with van der Waals surface area (Å²) in [6.45, 7) is 3.83. The number of nitrogens with one attached hydrogen (secondary N) is 1. The molecule has 0 aliphatic rings. The number of thiazole rings is 1. The second-order valence-electron chi connectivity index (χ2n) is 4.52. The molecular weight excluding hydrogens is 285 g/mol. The summed E-state index contributed by atoms with van der Waals surface area (Å²) in [5.41, 5.74) is 1.08. The van der Waals surface area contributed by atoms with E-state index >= 15 is 0 Å². The van der Waals surface area contributed by atoms with Gasteiger partial charge in [-0.25, -0.2) is 4.98 Å². The summed E-state index contributed by atoms with van der Waals surface area (Å²) in [4.78, 5) is 5.39. The Balaban J connectivity index is 2.35. The van der Waals surface area contributed by atoms with Crippen LogP contribution in [0.3, 0.4) is 0 Å². The number of aryl methyl sites for hydroxylation is 2. The van der Waals surface area contributed by atoms with Gasteiger partial charge in [-0.05, 0) is 38.6 Å². The summed E-state index contributed by atoms with van der Waals surface area (Å²) in [6.07, 6.45) is -4.30. The molecular formula is C14H15F3N2S. The fourth-order valence-corrected chi connectivity index (χ4v) is 3.19. The monoisotopic (exact) mass is 300 g/mol. The summed E-state index contributed by atoms with van der Waals surface area (Å²) >= 11 is 1.56. The van der Waals surface area contributed by atoms with Crippen molar-refractivity contribution in [3.63, 3.8) is 0 Å². The van der Waals surface area contributed by atoms with E-state index in [1.54, 1.807) is 18.4 Å². The molecule has 1 unspecified atom stereocenters. The first-order valence-electron chi connectivity index (χ1n) is 6.11. The van der Waals surface area contributed by atoms with Crippen molar-refractivity contribution in [3.05, 3.63) is 51.0 Å². The molecule has 0 bridgehead atoms. The molecule has 108 valence electrons. The third kappa shape index (κ3) is 3.02. The molecule has 6 heteroatoms. The summed E-state index contributed by atoms with van der Waals surface area (Å²) in [6, 6.07) is 5.12. The molecule has 2 nitrogen and oxygen atoms in total. The Morgan fingerprint density at radius 2 is 1.75 bits per heavy atom. The molecule has 0 saturated heterocycles. The molecule has 0 saturated carbocycles. The van der Waals surface area contributed by atoms with E-state index in [2.05, 4.69) is 10.3 Å². The molecule has 1 atom stereocenters. The zero-order valence-electron chi connectivity index (χ0n) is 11.4. The SMILES string of the molecule is CNC(c1ccc(C(F)(F)F)cc1)c1sc(C)nc1C. The van der Waals surface area contributed by atoms with Crippen LogP contribution in [0.5, 0.6) is 0 Å².